The third-order valence-electron chi connectivity index (χ3n) is 3.16. The number of rotatable bonds is 3. The minimum absolute atomic E-state index is 0.294. The Bertz CT molecular complexity index is 895. The zero-order chi connectivity index (χ0) is 18.4. The van der Waals surface area contributed by atoms with E-state index in [1.165, 1.54) is 0 Å². The van der Waals surface area contributed by atoms with Crippen LogP contribution in [0.1, 0.15) is 25.3 Å². The summed E-state index contributed by atoms with van der Waals surface area (Å²) in [6, 6.07) is 14.8. The number of aldehydes is 1. The van der Waals surface area contributed by atoms with Gasteiger partial charge in [-0.3, -0.25) is 0 Å². The molecule has 0 aliphatic rings. The summed E-state index contributed by atoms with van der Waals surface area (Å²) in [5, 5.41) is 9.01. The predicted octanol–water partition coefficient (Wildman–Crippen LogP) is 3.66. The Morgan fingerprint density at radius 1 is 1.24 bits per heavy atom. The molecule has 0 saturated carbocycles. The van der Waals surface area contributed by atoms with Gasteiger partial charge in [-0.2, -0.15) is 0 Å². The van der Waals surface area contributed by atoms with Gasteiger partial charge in [-0.15, -0.1) is 0 Å². The minimum atomic E-state index is -0.908. The fraction of sp³-hybridized carbons (Fsp3) is 0.0556. The van der Waals surface area contributed by atoms with Crippen molar-refractivity contribution in [1.82, 2.24) is 4.98 Å². The zero-order valence-electron chi connectivity index (χ0n) is 13.3. The SMILES string of the molecule is Cc1nc(-c2ccc(C=O)c(Br)c2)[se]c1C(=O)O.Nc1ccccc1. The molecule has 7 heteroatoms. The molecule has 0 fully saturated rings. The summed E-state index contributed by atoms with van der Waals surface area (Å²) in [5.41, 5.74) is 8.16. The van der Waals surface area contributed by atoms with E-state index >= 15 is 0 Å². The van der Waals surface area contributed by atoms with Crippen molar-refractivity contribution in [2.24, 2.45) is 0 Å². The average molecular weight is 466 g/mol. The van der Waals surface area contributed by atoms with Crippen molar-refractivity contribution < 1.29 is 14.7 Å². The second-order valence-corrected chi connectivity index (χ2v) is 7.95. The van der Waals surface area contributed by atoms with Gasteiger partial charge in [0.25, 0.3) is 0 Å². The van der Waals surface area contributed by atoms with Crippen molar-refractivity contribution >= 4 is 48.4 Å². The number of nitrogens with zero attached hydrogens (tertiary/aromatic N) is 1. The number of aromatic carboxylic acids is 1. The number of carboxylic acids is 1. The second-order valence-electron chi connectivity index (χ2n) is 5.00. The van der Waals surface area contributed by atoms with E-state index in [1.807, 2.05) is 30.3 Å². The van der Waals surface area contributed by atoms with E-state index in [0.29, 0.717) is 20.2 Å². The third-order valence-corrected chi connectivity index (χ3v) is 6.36. The van der Waals surface area contributed by atoms with Crippen molar-refractivity contribution in [2.75, 3.05) is 5.73 Å². The first-order chi connectivity index (χ1) is 11.9. The quantitative estimate of drug-likeness (QED) is 0.349. The van der Waals surface area contributed by atoms with Gasteiger partial charge >= 0.3 is 118 Å². The second kappa shape index (κ2) is 8.76. The van der Waals surface area contributed by atoms with E-state index < -0.39 is 5.97 Å². The molecule has 0 unspecified atom stereocenters. The van der Waals surface area contributed by atoms with E-state index in [2.05, 4.69) is 20.9 Å². The molecule has 3 rings (SSSR count). The van der Waals surface area contributed by atoms with Gasteiger partial charge in [0, 0.05) is 5.69 Å². The van der Waals surface area contributed by atoms with Crippen LogP contribution in [0.15, 0.2) is 53.0 Å². The smallest absolute Gasteiger partial charge is 0.0313 e. The molecule has 2 aromatic carbocycles. The molecule has 0 spiro atoms. The topological polar surface area (TPSA) is 93.3 Å². The molecule has 5 nitrogen and oxygen atoms in total. The molecular formula is C18H15BrN2O3Se. The first kappa shape index (κ1) is 19.1. The van der Waals surface area contributed by atoms with Crippen molar-refractivity contribution in [2.45, 2.75) is 6.92 Å². The van der Waals surface area contributed by atoms with Crippen LogP contribution in [0.2, 0.25) is 0 Å². The minimum Gasteiger partial charge on any atom is -0.399 e. The van der Waals surface area contributed by atoms with Crippen LogP contribution in [0.5, 0.6) is 0 Å². The standard InChI is InChI=1S/C12H8BrNO3Se.C6H7N/c1-6-10(12(16)17)18-11(14-6)7-2-3-8(5-15)9(13)4-7;7-6-4-2-1-3-5-6/h2-5H,1H3,(H,16,17);1-5H,7H2. The fourth-order valence-corrected chi connectivity index (χ4v) is 4.29. The number of nitrogens with two attached hydrogens (primary N) is 1. The largest absolute Gasteiger partial charge is 0.399 e. The van der Waals surface area contributed by atoms with Gasteiger partial charge in [0.2, 0.25) is 0 Å². The van der Waals surface area contributed by atoms with Crippen LogP contribution in [-0.2, 0) is 0 Å². The molecule has 0 amide bonds. The number of aryl methyl sites for hydroxylation is 1. The van der Waals surface area contributed by atoms with Gasteiger partial charge in [-0.25, -0.2) is 0 Å². The first-order valence-corrected chi connectivity index (χ1v) is 9.69. The summed E-state index contributed by atoms with van der Waals surface area (Å²) in [6.45, 7) is 1.70. The molecule has 0 aliphatic heterocycles. The summed E-state index contributed by atoms with van der Waals surface area (Å²) in [6.07, 6.45) is 0.766. The van der Waals surface area contributed by atoms with Crippen molar-refractivity contribution in [3.05, 3.63) is 68.7 Å². The number of para-hydroxylation sites is 1. The number of aromatic nitrogens is 1. The number of hydrogen-bond acceptors (Lipinski definition) is 4. The van der Waals surface area contributed by atoms with Crippen LogP contribution in [0.3, 0.4) is 0 Å². The Balaban J connectivity index is 0.000000269. The van der Waals surface area contributed by atoms with E-state index in [0.717, 1.165) is 22.1 Å². The molecule has 3 aromatic rings. The predicted molar refractivity (Wildman–Crippen MR) is 102 cm³/mol. The Labute approximate surface area is 159 Å². The number of carbonyl (C=O) groups excluding carboxylic acids is 1. The third kappa shape index (κ3) is 5.13. The molecule has 1 heterocycles. The summed E-state index contributed by atoms with van der Waals surface area (Å²) in [7, 11) is 0. The van der Waals surface area contributed by atoms with Crippen LogP contribution in [-0.4, -0.2) is 36.8 Å². The normalized spacial score (nSPS) is 9.84. The number of hydrogen-bond donors (Lipinski definition) is 2. The summed E-state index contributed by atoms with van der Waals surface area (Å²) >= 11 is 3.01. The first-order valence-electron chi connectivity index (χ1n) is 7.18. The van der Waals surface area contributed by atoms with Crippen LogP contribution in [0.4, 0.5) is 5.69 Å². The maximum Gasteiger partial charge on any atom is 0.0313 e. The number of carbonyl (C=O) groups is 2. The number of halogens is 1. The Kier molecular flexibility index (Phi) is 6.70. The zero-order valence-corrected chi connectivity index (χ0v) is 16.6. The Morgan fingerprint density at radius 2 is 1.92 bits per heavy atom. The van der Waals surface area contributed by atoms with E-state index in [9.17, 15) is 9.59 Å². The Morgan fingerprint density at radius 3 is 2.36 bits per heavy atom. The van der Waals surface area contributed by atoms with Gasteiger partial charge in [-0.1, -0.05) is 18.2 Å². The summed E-state index contributed by atoms with van der Waals surface area (Å²) in [5.74, 6) is -0.908. The van der Waals surface area contributed by atoms with Gasteiger partial charge in [0.1, 0.15) is 0 Å². The maximum absolute atomic E-state index is 11.0. The monoisotopic (exact) mass is 466 g/mol. The van der Waals surface area contributed by atoms with Crippen LogP contribution in [0.25, 0.3) is 10.1 Å². The van der Waals surface area contributed by atoms with E-state index in [1.54, 1.807) is 25.1 Å². The van der Waals surface area contributed by atoms with Crippen LogP contribution < -0.4 is 5.73 Å². The molecule has 0 radical (unpaired) electrons. The molecule has 3 N–H and O–H groups in total. The van der Waals surface area contributed by atoms with Crippen molar-refractivity contribution in [3.63, 3.8) is 0 Å². The molecule has 128 valence electrons. The molecule has 1 aromatic heterocycles. The summed E-state index contributed by atoms with van der Waals surface area (Å²) in [4.78, 5) is 26.0. The number of anilines is 1. The van der Waals surface area contributed by atoms with Gasteiger partial charge in [0.05, 0.1) is 0 Å². The van der Waals surface area contributed by atoms with Crippen molar-refractivity contribution in [3.8, 4) is 10.1 Å². The average Bonchev–Trinajstić information content (AvgIpc) is 2.98. The number of benzene rings is 2. The molecule has 0 aliphatic carbocycles. The molecule has 0 bridgehead atoms. The maximum atomic E-state index is 11.0. The molecule has 25 heavy (non-hydrogen) atoms. The number of nitrogen functional groups attached to an aromatic ring is 1. The summed E-state index contributed by atoms with van der Waals surface area (Å²) < 4.78 is 1.85. The van der Waals surface area contributed by atoms with Gasteiger partial charge < -0.3 is 5.73 Å². The van der Waals surface area contributed by atoms with Crippen molar-refractivity contribution in [1.29, 1.82) is 0 Å². The van der Waals surface area contributed by atoms with Gasteiger partial charge in [0.15, 0.2) is 0 Å². The van der Waals surface area contributed by atoms with E-state index in [4.69, 9.17) is 10.8 Å². The fourth-order valence-electron chi connectivity index (χ4n) is 1.93. The van der Waals surface area contributed by atoms with E-state index in [-0.39, 0.29) is 14.5 Å². The molecule has 0 atom stereocenters. The van der Waals surface area contributed by atoms with Gasteiger partial charge in [-0.05, 0) is 12.1 Å². The van der Waals surface area contributed by atoms with Crippen LogP contribution in [0, 0.1) is 6.92 Å². The van der Waals surface area contributed by atoms with Crippen LogP contribution >= 0.6 is 15.9 Å². The Hall–Kier alpha value is -2.21. The molecular weight excluding hydrogens is 451 g/mol. The molecule has 0 saturated heterocycles. The number of carboxylic acid groups (broad SMARTS) is 1.